The maximum Gasteiger partial charge on any atom is 0.244 e. The molecule has 4 aromatic heterocycles. The lowest BCUT2D eigenvalue weighted by atomic mass is 10.2. The summed E-state index contributed by atoms with van der Waals surface area (Å²) in [4.78, 5) is 62.2. The van der Waals surface area contributed by atoms with Gasteiger partial charge in [0, 0.05) is 96.9 Å². The molecule has 2 amide bonds. The fraction of sp³-hybridized carbons (Fsp3) is 0.300. The average molecular weight is 832 g/mol. The number of benzene rings is 2. The van der Waals surface area contributed by atoms with Crippen LogP contribution in [0.1, 0.15) is 32.1 Å². The number of aryl methyl sites for hydroxylation is 2. The number of piperazine rings is 2. The van der Waals surface area contributed by atoms with E-state index in [-0.39, 0.29) is 24.2 Å². The van der Waals surface area contributed by atoms with E-state index in [1.54, 1.807) is 36.7 Å². The molecule has 296 valence electrons. The second-order valence-electron chi connectivity index (χ2n) is 13.4. The first-order valence-corrected chi connectivity index (χ1v) is 19.5. The summed E-state index contributed by atoms with van der Waals surface area (Å²) < 4.78 is 1.51. The average Bonchev–Trinajstić information content (AvgIpc) is 3.84. The highest BCUT2D eigenvalue weighted by Gasteiger charge is 2.24. The van der Waals surface area contributed by atoms with Gasteiger partial charge in [0.05, 0.1) is 0 Å². The molecule has 0 bridgehead atoms. The number of nitrogens with zero attached hydrogens (tertiary/aromatic N) is 9. The topological polar surface area (TPSA) is 154 Å². The van der Waals surface area contributed by atoms with Crippen LogP contribution < -0.4 is 9.80 Å². The van der Waals surface area contributed by atoms with Crippen molar-refractivity contribution in [3.8, 4) is 0 Å². The molecule has 2 fully saturated rings. The van der Waals surface area contributed by atoms with Crippen molar-refractivity contribution in [2.75, 3.05) is 68.0 Å². The van der Waals surface area contributed by atoms with E-state index in [0.717, 1.165) is 83.5 Å². The van der Waals surface area contributed by atoms with Crippen LogP contribution in [0.25, 0.3) is 22.1 Å². The highest BCUT2D eigenvalue weighted by molar-refractivity contribution is 6.31. The number of halogens is 3. The summed E-state index contributed by atoms with van der Waals surface area (Å²) in [5.41, 5.74) is 6.31. The van der Waals surface area contributed by atoms with Crippen molar-refractivity contribution in [2.45, 2.75) is 20.4 Å². The lowest BCUT2D eigenvalue weighted by Crippen LogP contribution is -2.49. The first-order chi connectivity index (χ1) is 27.6. The zero-order valence-corrected chi connectivity index (χ0v) is 33.7. The third-order valence-corrected chi connectivity index (χ3v) is 10.9. The highest BCUT2D eigenvalue weighted by atomic mass is 35.5. The Bertz CT molecular complexity index is 2370. The van der Waals surface area contributed by atoms with Gasteiger partial charge in [-0.05, 0) is 85.6 Å². The number of carbonyl (C=O) groups excluding carboxylic acids is 4. The minimum absolute atomic E-state index is 0.0172. The number of amides is 2. The molecule has 1 N–H and O–H groups in total. The normalized spacial score (nSPS) is 14.1. The van der Waals surface area contributed by atoms with Crippen LogP contribution in [0.5, 0.6) is 0 Å². The molecule has 2 aliphatic rings. The molecule has 57 heavy (non-hydrogen) atoms. The molecule has 2 saturated heterocycles. The molecule has 0 spiro atoms. The van der Waals surface area contributed by atoms with Gasteiger partial charge in [0.1, 0.15) is 23.8 Å². The molecule has 0 unspecified atom stereocenters. The molecule has 0 atom stereocenters. The van der Waals surface area contributed by atoms with Crippen LogP contribution >= 0.6 is 34.8 Å². The van der Waals surface area contributed by atoms with E-state index >= 15 is 0 Å². The Morgan fingerprint density at radius 3 is 1.79 bits per heavy atom. The molecule has 0 aliphatic carbocycles. The molecule has 17 heteroatoms. The summed E-state index contributed by atoms with van der Waals surface area (Å²) in [6.45, 7) is 9.96. The first-order valence-electron chi connectivity index (χ1n) is 18.2. The molecular weight excluding hydrogens is 791 g/mol. The number of hydrogen-bond donors (Lipinski definition) is 1. The van der Waals surface area contributed by atoms with Crippen molar-refractivity contribution in [1.29, 1.82) is 0 Å². The Morgan fingerprint density at radius 2 is 1.26 bits per heavy atom. The number of pyridine rings is 2. The number of carbonyl (C=O) groups is 4. The number of rotatable bonds is 7. The van der Waals surface area contributed by atoms with Crippen molar-refractivity contribution in [3.63, 3.8) is 0 Å². The molecule has 8 rings (SSSR count). The predicted molar refractivity (Wildman–Crippen MR) is 223 cm³/mol. The number of H-pyrrole nitrogens is 1. The summed E-state index contributed by atoms with van der Waals surface area (Å²) in [6.07, 6.45) is 4.69. The molecule has 2 aliphatic heterocycles. The van der Waals surface area contributed by atoms with E-state index < -0.39 is 0 Å². The number of nitrogens with one attached hydrogen (secondary N) is 1. The Labute approximate surface area is 344 Å². The zero-order chi connectivity index (χ0) is 40.5. The van der Waals surface area contributed by atoms with Gasteiger partial charge in [0.25, 0.3) is 0 Å². The lowest BCUT2D eigenvalue weighted by molar-refractivity contribution is -0.132. The van der Waals surface area contributed by atoms with Crippen molar-refractivity contribution in [1.82, 2.24) is 39.7 Å². The van der Waals surface area contributed by atoms with Gasteiger partial charge >= 0.3 is 0 Å². The van der Waals surface area contributed by atoms with E-state index in [1.165, 1.54) is 4.68 Å². The summed E-state index contributed by atoms with van der Waals surface area (Å²) >= 11 is 17.7. The molecule has 6 heterocycles. The molecule has 14 nitrogen and oxygen atoms in total. The number of hydrogen-bond acceptors (Lipinski definition) is 10. The van der Waals surface area contributed by atoms with Gasteiger partial charge in [-0.3, -0.25) is 24.3 Å². The lowest BCUT2D eigenvalue weighted by Gasteiger charge is -2.36. The molecule has 0 radical (unpaired) electrons. The number of aldehydes is 2. The SMILES string of the molecule is Cc1cc(N2CCN(C(=O)CCl)CC2)ccc1Cl.Cc1cc(N2CCN(C(=O)Cn3nc(C=O)c4cccnc43)CC2)ccc1Cl.O=Cc1[nH]nc2ncccc12. The maximum absolute atomic E-state index is 12.8. The van der Waals surface area contributed by atoms with E-state index in [9.17, 15) is 19.2 Å². The fourth-order valence-electron chi connectivity index (χ4n) is 6.58. The van der Waals surface area contributed by atoms with Crippen molar-refractivity contribution in [3.05, 3.63) is 106 Å². The van der Waals surface area contributed by atoms with Crippen LogP contribution in [-0.2, 0) is 16.1 Å². The number of aromatic amines is 1. The van der Waals surface area contributed by atoms with Gasteiger partial charge < -0.3 is 19.6 Å². The van der Waals surface area contributed by atoms with Gasteiger partial charge in [0.15, 0.2) is 23.9 Å². The predicted octanol–water partition coefficient (Wildman–Crippen LogP) is 5.86. The summed E-state index contributed by atoms with van der Waals surface area (Å²) in [7, 11) is 0. The van der Waals surface area contributed by atoms with E-state index in [0.29, 0.717) is 47.4 Å². The van der Waals surface area contributed by atoms with Gasteiger partial charge in [-0.25, -0.2) is 14.6 Å². The van der Waals surface area contributed by atoms with E-state index in [2.05, 4.69) is 47.2 Å². The Kier molecular flexibility index (Phi) is 13.7. The standard InChI is InChI=1S/C20H20ClN5O2.C13H16Cl2N2O.C7H5N3O/c1-14-11-15(4-5-17(14)21)24-7-9-25(10-8-24)19(28)12-26-20-16(3-2-6-22-20)18(13-27)23-26;1-10-8-11(2-3-12(10)15)16-4-6-17(7-5-16)13(18)9-14;11-4-6-5-2-1-3-8-7(5)10-9-6/h2-6,11,13H,7-10,12H2,1H3;2-3,8H,4-7,9H2,1H3;1-4H,(H,8,9,10). The number of anilines is 2. The van der Waals surface area contributed by atoms with Crippen LogP contribution in [0.3, 0.4) is 0 Å². The maximum atomic E-state index is 12.8. The second-order valence-corrected chi connectivity index (χ2v) is 14.5. The number of aromatic nitrogens is 6. The third kappa shape index (κ3) is 9.88. The van der Waals surface area contributed by atoms with Crippen LogP contribution in [0.2, 0.25) is 10.0 Å². The van der Waals surface area contributed by atoms with Crippen molar-refractivity contribution in [2.24, 2.45) is 0 Å². The number of fused-ring (bicyclic) bond motifs is 2. The van der Waals surface area contributed by atoms with Crippen LogP contribution in [0.4, 0.5) is 11.4 Å². The quantitative estimate of drug-likeness (QED) is 0.153. The van der Waals surface area contributed by atoms with Gasteiger partial charge in [-0.15, -0.1) is 11.6 Å². The Hall–Kier alpha value is -5.57. The van der Waals surface area contributed by atoms with Crippen LogP contribution in [0, 0.1) is 13.8 Å². The summed E-state index contributed by atoms with van der Waals surface area (Å²) in [5.74, 6) is 0.0584. The van der Waals surface area contributed by atoms with Crippen molar-refractivity contribution < 1.29 is 19.2 Å². The molecule has 6 aromatic rings. The van der Waals surface area contributed by atoms with Crippen LogP contribution in [0.15, 0.2) is 73.1 Å². The summed E-state index contributed by atoms with van der Waals surface area (Å²) in [5, 5.41) is 13.6. The van der Waals surface area contributed by atoms with Gasteiger partial charge in [0.2, 0.25) is 11.8 Å². The van der Waals surface area contributed by atoms with Crippen LogP contribution in [-0.4, -0.2) is 122 Å². The second kappa shape index (κ2) is 19.0. The van der Waals surface area contributed by atoms with Gasteiger partial charge in [-0.2, -0.15) is 10.2 Å². The molecular formula is C40H41Cl3N10O4. The van der Waals surface area contributed by atoms with Gasteiger partial charge in [-0.1, -0.05) is 23.2 Å². The fourth-order valence-corrected chi connectivity index (χ4v) is 6.99. The smallest absolute Gasteiger partial charge is 0.244 e. The monoisotopic (exact) mass is 830 g/mol. The molecule has 2 aromatic carbocycles. The summed E-state index contributed by atoms with van der Waals surface area (Å²) in [6, 6.07) is 19.1. The largest absolute Gasteiger partial charge is 0.368 e. The minimum Gasteiger partial charge on any atom is -0.368 e. The third-order valence-electron chi connectivity index (χ3n) is 9.80. The Balaban J connectivity index is 0.000000161. The first kappa shape index (κ1) is 41.1. The van der Waals surface area contributed by atoms with E-state index in [1.807, 2.05) is 47.9 Å². The van der Waals surface area contributed by atoms with E-state index in [4.69, 9.17) is 34.8 Å². The zero-order valence-electron chi connectivity index (χ0n) is 31.4. The Morgan fingerprint density at radius 1 is 0.719 bits per heavy atom. The van der Waals surface area contributed by atoms with Crippen molar-refractivity contribution >= 4 is 92.6 Å². The minimum atomic E-state index is -0.0283. The number of alkyl halides is 1. The highest BCUT2D eigenvalue weighted by Crippen LogP contribution is 2.25. The molecule has 0 saturated carbocycles.